The number of para-hydroxylation sites is 1. The van der Waals surface area contributed by atoms with Crippen molar-refractivity contribution in [1.29, 1.82) is 0 Å². The van der Waals surface area contributed by atoms with E-state index in [0.29, 0.717) is 19.6 Å². The van der Waals surface area contributed by atoms with Crippen molar-refractivity contribution in [2.75, 3.05) is 39.8 Å². The van der Waals surface area contributed by atoms with E-state index >= 15 is 0 Å². The van der Waals surface area contributed by atoms with Crippen LogP contribution in [0.1, 0.15) is 53.4 Å². The van der Waals surface area contributed by atoms with E-state index in [9.17, 15) is 13.2 Å². The number of nitrogens with zero attached hydrogens (tertiary/aromatic N) is 2. The van der Waals surface area contributed by atoms with E-state index in [1.54, 1.807) is 18.6 Å². The molecule has 2 fully saturated rings. The number of amides is 1. The van der Waals surface area contributed by atoms with Gasteiger partial charge in [0, 0.05) is 25.2 Å². The van der Waals surface area contributed by atoms with Crippen molar-refractivity contribution in [1.82, 2.24) is 14.5 Å². The van der Waals surface area contributed by atoms with Gasteiger partial charge < -0.3 is 10.1 Å². The van der Waals surface area contributed by atoms with E-state index in [1.807, 2.05) is 24.3 Å². The van der Waals surface area contributed by atoms with Crippen LogP contribution >= 0.6 is 11.3 Å². The van der Waals surface area contributed by atoms with Gasteiger partial charge in [-0.25, -0.2) is 8.42 Å². The fourth-order valence-corrected chi connectivity index (χ4v) is 7.44. The summed E-state index contributed by atoms with van der Waals surface area (Å²) in [7, 11) is -2.00. The molecular formula is C23H31N3O4S2. The lowest BCUT2D eigenvalue weighted by atomic mass is 10.0. The standard InChI is InChI=1S/C23H31N3O4S2/c1-30-20-10-4-3-9-18(20)19(25-12-7-8-13-25)17-24-23(27)22-21(11-16-31-22)32(28,29)26-14-5-2-6-15-26/h3-4,9-11,16,19H,2,5-8,12-15,17H2,1H3,(H,24,27). The number of likely N-dealkylation sites (tertiary alicyclic amines) is 1. The van der Waals surface area contributed by atoms with Gasteiger partial charge in [0.15, 0.2) is 0 Å². The number of hydrogen-bond acceptors (Lipinski definition) is 6. The molecule has 1 amide bonds. The molecule has 1 aromatic heterocycles. The van der Waals surface area contributed by atoms with Crippen LogP contribution in [0, 0.1) is 0 Å². The van der Waals surface area contributed by atoms with E-state index in [1.165, 1.54) is 15.6 Å². The van der Waals surface area contributed by atoms with Gasteiger partial charge >= 0.3 is 0 Å². The second kappa shape index (κ2) is 10.3. The predicted octanol–water partition coefficient (Wildman–Crippen LogP) is 3.50. The van der Waals surface area contributed by atoms with E-state index in [4.69, 9.17) is 4.74 Å². The molecule has 174 valence electrons. The van der Waals surface area contributed by atoms with Gasteiger partial charge in [0.05, 0.1) is 13.2 Å². The third-order valence-electron chi connectivity index (χ3n) is 6.30. The molecule has 2 aliphatic rings. The summed E-state index contributed by atoms with van der Waals surface area (Å²) in [5.74, 6) is 0.456. The van der Waals surface area contributed by atoms with Crippen LogP contribution < -0.4 is 10.1 Å². The minimum atomic E-state index is -3.66. The highest BCUT2D eigenvalue weighted by Crippen LogP contribution is 2.32. The summed E-state index contributed by atoms with van der Waals surface area (Å²) in [5.41, 5.74) is 1.03. The first-order valence-electron chi connectivity index (χ1n) is 11.2. The molecule has 4 rings (SSSR count). The van der Waals surface area contributed by atoms with Gasteiger partial charge in [-0.05, 0) is 56.3 Å². The number of nitrogens with one attached hydrogen (secondary N) is 1. The molecule has 2 saturated heterocycles. The predicted molar refractivity (Wildman–Crippen MR) is 126 cm³/mol. The van der Waals surface area contributed by atoms with Crippen molar-refractivity contribution in [2.24, 2.45) is 0 Å². The Kier molecular flexibility index (Phi) is 7.50. The number of methoxy groups -OCH3 is 1. The van der Waals surface area contributed by atoms with Crippen LogP contribution in [0.25, 0.3) is 0 Å². The van der Waals surface area contributed by atoms with Crippen LogP contribution in [0.5, 0.6) is 5.75 Å². The summed E-state index contributed by atoms with van der Waals surface area (Å²) in [5, 5.41) is 4.70. The zero-order valence-electron chi connectivity index (χ0n) is 18.5. The van der Waals surface area contributed by atoms with Crippen molar-refractivity contribution in [3.05, 3.63) is 46.2 Å². The topological polar surface area (TPSA) is 78.9 Å². The Balaban J connectivity index is 1.53. The zero-order chi connectivity index (χ0) is 22.6. The minimum Gasteiger partial charge on any atom is -0.496 e. The molecule has 9 heteroatoms. The second-order valence-corrected chi connectivity index (χ2v) is 11.1. The Labute approximate surface area is 194 Å². The van der Waals surface area contributed by atoms with Crippen molar-refractivity contribution in [3.8, 4) is 5.75 Å². The van der Waals surface area contributed by atoms with Crippen molar-refractivity contribution in [2.45, 2.75) is 43.0 Å². The fraction of sp³-hybridized carbons (Fsp3) is 0.522. The monoisotopic (exact) mass is 477 g/mol. The van der Waals surface area contributed by atoms with Crippen LogP contribution in [0.2, 0.25) is 0 Å². The van der Waals surface area contributed by atoms with Crippen LogP contribution in [0.3, 0.4) is 0 Å². The number of sulfonamides is 1. The molecule has 1 atom stereocenters. The zero-order valence-corrected chi connectivity index (χ0v) is 20.1. The summed E-state index contributed by atoms with van der Waals surface area (Å²) in [4.78, 5) is 15.9. The van der Waals surface area contributed by atoms with Gasteiger partial charge in [0.2, 0.25) is 10.0 Å². The first kappa shape index (κ1) is 23.2. The SMILES string of the molecule is COc1ccccc1C(CNC(=O)c1sccc1S(=O)(=O)N1CCCCC1)N1CCCC1. The highest BCUT2D eigenvalue weighted by atomic mass is 32.2. The molecule has 0 radical (unpaired) electrons. The first-order chi connectivity index (χ1) is 15.5. The normalized spacial score (nSPS) is 19.0. The lowest BCUT2D eigenvalue weighted by Gasteiger charge is -2.29. The highest BCUT2D eigenvalue weighted by Gasteiger charge is 2.32. The summed E-state index contributed by atoms with van der Waals surface area (Å²) < 4.78 is 33.4. The smallest absolute Gasteiger partial charge is 0.262 e. The molecule has 1 aromatic carbocycles. The second-order valence-electron chi connectivity index (χ2n) is 8.29. The van der Waals surface area contributed by atoms with Crippen LogP contribution in [0.4, 0.5) is 0 Å². The maximum Gasteiger partial charge on any atom is 0.262 e. The Morgan fingerprint density at radius 3 is 2.47 bits per heavy atom. The summed E-state index contributed by atoms with van der Waals surface area (Å²) >= 11 is 1.18. The maximum absolute atomic E-state index is 13.2. The van der Waals surface area contributed by atoms with E-state index in [0.717, 1.165) is 56.5 Å². The number of carbonyl (C=O) groups excluding carboxylic acids is 1. The van der Waals surface area contributed by atoms with Crippen LogP contribution in [-0.2, 0) is 10.0 Å². The van der Waals surface area contributed by atoms with Gasteiger partial charge in [-0.1, -0.05) is 24.6 Å². The Hall–Kier alpha value is -1.94. The molecule has 7 nitrogen and oxygen atoms in total. The lowest BCUT2D eigenvalue weighted by Crippen LogP contribution is -2.38. The number of benzene rings is 1. The molecule has 32 heavy (non-hydrogen) atoms. The first-order valence-corrected chi connectivity index (χ1v) is 13.6. The highest BCUT2D eigenvalue weighted by molar-refractivity contribution is 7.89. The van der Waals surface area contributed by atoms with E-state index < -0.39 is 10.0 Å². The van der Waals surface area contributed by atoms with E-state index in [-0.39, 0.29) is 21.7 Å². The Morgan fingerprint density at radius 2 is 1.75 bits per heavy atom. The molecule has 1 unspecified atom stereocenters. The van der Waals surface area contributed by atoms with Gasteiger partial charge in [0.25, 0.3) is 5.91 Å². The number of hydrogen-bond donors (Lipinski definition) is 1. The molecule has 2 aliphatic heterocycles. The number of ether oxygens (including phenoxy) is 1. The van der Waals surface area contributed by atoms with Crippen LogP contribution in [0.15, 0.2) is 40.6 Å². The summed E-state index contributed by atoms with van der Waals surface area (Å²) in [6.45, 7) is 3.35. The maximum atomic E-state index is 13.2. The average molecular weight is 478 g/mol. The van der Waals surface area contributed by atoms with Gasteiger partial charge in [-0.15, -0.1) is 11.3 Å². The molecule has 0 saturated carbocycles. The third-order valence-corrected chi connectivity index (χ3v) is 9.29. The summed E-state index contributed by atoms with van der Waals surface area (Å²) in [6.07, 6.45) is 5.03. The average Bonchev–Trinajstić information content (AvgIpc) is 3.53. The molecule has 0 spiro atoms. The number of piperidine rings is 1. The van der Waals surface area contributed by atoms with E-state index in [2.05, 4.69) is 10.2 Å². The number of carbonyl (C=O) groups is 1. The fourth-order valence-electron chi connectivity index (χ4n) is 4.61. The van der Waals surface area contributed by atoms with Crippen molar-refractivity contribution in [3.63, 3.8) is 0 Å². The molecule has 0 aliphatic carbocycles. The van der Waals surface area contributed by atoms with Crippen molar-refractivity contribution >= 4 is 27.3 Å². The number of rotatable bonds is 8. The van der Waals surface area contributed by atoms with Gasteiger partial charge in [0.1, 0.15) is 15.5 Å². The minimum absolute atomic E-state index is 0.0280. The Bertz CT molecular complexity index is 1030. The molecular weight excluding hydrogens is 446 g/mol. The lowest BCUT2D eigenvalue weighted by molar-refractivity contribution is 0.0938. The largest absolute Gasteiger partial charge is 0.496 e. The molecule has 1 N–H and O–H groups in total. The van der Waals surface area contributed by atoms with Gasteiger partial charge in [-0.3, -0.25) is 9.69 Å². The molecule has 3 heterocycles. The van der Waals surface area contributed by atoms with Crippen LogP contribution in [-0.4, -0.2) is 63.4 Å². The third kappa shape index (κ3) is 4.85. The Morgan fingerprint density at radius 1 is 1.06 bits per heavy atom. The molecule has 0 bridgehead atoms. The quantitative estimate of drug-likeness (QED) is 0.630. The number of thiophene rings is 1. The summed E-state index contributed by atoms with van der Waals surface area (Å²) in [6, 6.07) is 9.41. The molecule has 2 aromatic rings. The van der Waals surface area contributed by atoms with Crippen molar-refractivity contribution < 1.29 is 17.9 Å². The van der Waals surface area contributed by atoms with Gasteiger partial charge in [-0.2, -0.15) is 4.31 Å².